The lowest BCUT2D eigenvalue weighted by Crippen LogP contribution is -2.41. The molecule has 0 atom stereocenters. The van der Waals surface area contributed by atoms with Crippen LogP contribution in [0.3, 0.4) is 0 Å². The average molecular weight is 261 g/mol. The Morgan fingerprint density at radius 2 is 2.00 bits per heavy atom. The number of hydrogen-bond donors (Lipinski definition) is 1. The molecule has 0 unspecified atom stereocenters. The van der Waals surface area contributed by atoms with Gasteiger partial charge in [0, 0.05) is 18.2 Å². The minimum atomic E-state index is -0.287. The third-order valence-electron chi connectivity index (χ3n) is 2.73. The molecular weight excluding hydrogens is 238 g/mol. The van der Waals surface area contributed by atoms with Crippen LogP contribution in [-0.2, 0) is 16.0 Å². The van der Waals surface area contributed by atoms with Crippen LogP contribution in [0.25, 0.3) is 0 Å². The SMILES string of the molecule is CCOC(=O)/C=C/CNC(C)(C)Cc1ccccc1. The molecule has 3 nitrogen and oxygen atoms in total. The highest BCUT2D eigenvalue weighted by Gasteiger charge is 2.16. The smallest absolute Gasteiger partial charge is 0.330 e. The van der Waals surface area contributed by atoms with E-state index in [9.17, 15) is 4.79 Å². The molecule has 1 aromatic rings. The molecule has 0 heterocycles. The summed E-state index contributed by atoms with van der Waals surface area (Å²) in [7, 11) is 0. The molecule has 0 saturated heterocycles. The van der Waals surface area contributed by atoms with Crippen LogP contribution in [0, 0.1) is 0 Å². The Morgan fingerprint density at radius 3 is 2.63 bits per heavy atom. The Morgan fingerprint density at radius 1 is 1.32 bits per heavy atom. The van der Waals surface area contributed by atoms with E-state index in [0.717, 1.165) is 6.42 Å². The summed E-state index contributed by atoms with van der Waals surface area (Å²) in [6.45, 7) is 7.16. The van der Waals surface area contributed by atoms with Crippen molar-refractivity contribution in [2.45, 2.75) is 32.7 Å². The maximum atomic E-state index is 11.1. The van der Waals surface area contributed by atoms with Crippen molar-refractivity contribution in [3.8, 4) is 0 Å². The first kappa shape index (κ1) is 15.4. The molecule has 0 fully saturated rings. The molecule has 0 saturated carbocycles. The van der Waals surface area contributed by atoms with Crippen molar-refractivity contribution in [3.05, 3.63) is 48.0 Å². The van der Waals surface area contributed by atoms with Gasteiger partial charge in [-0.1, -0.05) is 36.4 Å². The summed E-state index contributed by atoms with van der Waals surface area (Å²) < 4.78 is 4.82. The lowest BCUT2D eigenvalue weighted by molar-refractivity contribution is -0.137. The minimum Gasteiger partial charge on any atom is -0.463 e. The molecule has 0 aliphatic carbocycles. The van der Waals surface area contributed by atoms with Crippen molar-refractivity contribution in [1.82, 2.24) is 5.32 Å². The Kier molecular flexibility index (Phi) is 6.30. The van der Waals surface area contributed by atoms with Gasteiger partial charge in [0.25, 0.3) is 0 Å². The number of rotatable bonds is 7. The largest absolute Gasteiger partial charge is 0.463 e. The van der Waals surface area contributed by atoms with Gasteiger partial charge in [-0.2, -0.15) is 0 Å². The third kappa shape index (κ3) is 6.77. The fraction of sp³-hybridized carbons (Fsp3) is 0.438. The maximum absolute atomic E-state index is 11.1. The van der Waals surface area contributed by atoms with Crippen molar-refractivity contribution in [3.63, 3.8) is 0 Å². The number of esters is 1. The molecule has 0 radical (unpaired) electrons. The molecule has 0 aromatic heterocycles. The van der Waals surface area contributed by atoms with Gasteiger partial charge in [-0.15, -0.1) is 0 Å². The third-order valence-corrected chi connectivity index (χ3v) is 2.73. The Bertz CT molecular complexity index is 410. The molecule has 3 heteroatoms. The maximum Gasteiger partial charge on any atom is 0.330 e. The molecule has 0 bridgehead atoms. The normalized spacial score (nSPS) is 11.7. The van der Waals surface area contributed by atoms with E-state index in [1.165, 1.54) is 11.6 Å². The first-order chi connectivity index (χ1) is 9.03. The van der Waals surface area contributed by atoms with Crippen LogP contribution in [0.1, 0.15) is 26.3 Å². The summed E-state index contributed by atoms with van der Waals surface area (Å²) in [6.07, 6.45) is 4.21. The fourth-order valence-corrected chi connectivity index (χ4v) is 1.85. The lowest BCUT2D eigenvalue weighted by atomic mass is 9.95. The minimum absolute atomic E-state index is 0.0135. The van der Waals surface area contributed by atoms with Crippen LogP contribution >= 0.6 is 0 Å². The van der Waals surface area contributed by atoms with Crippen molar-refractivity contribution in [1.29, 1.82) is 0 Å². The average Bonchev–Trinajstić information content (AvgIpc) is 2.36. The Balaban J connectivity index is 2.37. The van der Waals surface area contributed by atoms with E-state index >= 15 is 0 Å². The van der Waals surface area contributed by atoms with Gasteiger partial charge in [-0.05, 0) is 32.8 Å². The van der Waals surface area contributed by atoms with Crippen LogP contribution in [0.15, 0.2) is 42.5 Å². The van der Waals surface area contributed by atoms with Crippen LogP contribution < -0.4 is 5.32 Å². The molecule has 1 aromatic carbocycles. The summed E-state index contributed by atoms with van der Waals surface area (Å²) in [5, 5.41) is 3.41. The fourth-order valence-electron chi connectivity index (χ4n) is 1.85. The van der Waals surface area contributed by atoms with Gasteiger partial charge in [0.15, 0.2) is 0 Å². The predicted molar refractivity (Wildman–Crippen MR) is 78.0 cm³/mol. The number of nitrogens with one attached hydrogen (secondary N) is 1. The first-order valence-electron chi connectivity index (χ1n) is 6.66. The van der Waals surface area contributed by atoms with E-state index in [1.807, 2.05) is 18.2 Å². The standard InChI is InChI=1S/C16H23NO2/c1-4-19-15(18)11-8-12-17-16(2,3)13-14-9-6-5-7-10-14/h5-11,17H,4,12-13H2,1-3H3/b11-8+. The molecule has 0 aliphatic heterocycles. The zero-order valence-electron chi connectivity index (χ0n) is 12.0. The van der Waals surface area contributed by atoms with Crippen molar-refractivity contribution >= 4 is 5.97 Å². The number of ether oxygens (including phenoxy) is 1. The van der Waals surface area contributed by atoms with Crippen molar-refractivity contribution < 1.29 is 9.53 Å². The quantitative estimate of drug-likeness (QED) is 0.606. The lowest BCUT2D eigenvalue weighted by Gasteiger charge is -2.26. The zero-order chi connectivity index (χ0) is 14.1. The van der Waals surface area contributed by atoms with Crippen LogP contribution in [-0.4, -0.2) is 24.7 Å². The van der Waals surface area contributed by atoms with Crippen molar-refractivity contribution in [2.75, 3.05) is 13.2 Å². The summed E-state index contributed by atoms with van der Waals surface area (Å²) in [4.78, 5) is 11.1. The highest BCUT2D eigenvalue weighted by atomic mass is 16.5. The summed E-state index contributed by atoms with van der Waals surface area (Å²) in [5.74, 6) is -0.287. The highest BCUT2D eigenvalue weighted by Crippen LogP contribution is 2.11. The second-order valence-corrected chi connectivity index (χ2v) is 5.08. The van der Waals surface area contributed by atoms with Gasteiger partial charge in [0.05, 0.1) is 6.61 Å². The van der Waals surface area contributed by atoms with Gasteiger partial charge >= 0.3 is 5.97 Å². The van der Waals surface area contributed by atoms with Crippen molar-refractivity contribution in [2.24, 2.45) is 0 Å². The molecule has 0 amide bonds. The highest BCUT2D eigenvalue weighted by molar-refractivity contribution is 5.81. The summed E-state index contributed by atoms with van der Waals surface area (Å²) >= 11 is 0. The Hall–Kier alpha value is -1.61. The van der Waals surface area contributed by atoms with Gasteiger partial charge in [-0.25, -0.2) is 4.79 Å². The van der Waals surface area contributed by atoms with Gasteiger partial charge in [0.2, 0.25) is 0 Å². The van der Waals surface area contributed by atoms with E-state index in [2.05, 4.69) is 31.3 Å². The van der Waals surface area contributed by atoms with Crippen LogP contribution in [0.4, 0.5) is 0 Å². The van der Waals surface area contributed by atoms with Gasteiger partial charge in [0.1, 0.15) is 0 Å². The van der Waals surface area contributed by atoms with Crippen LogP contribution in [0.2, 0.25) is 0 Å². The van der Waals surface area contributed by atoms with E-state index in [-0.39, 0.29) is 11.5 Å². The monoisotopic (exact) mass is 261 g/mol. The number of carbonyl (C=O) groups excluding carboxylic acids is 1. The predicted octanol–water partition coefficient (Wildman–Crippen LogP) is 2.72. The van der Waals surface area contributed by atoms with E-state index in [1.54, 1.807) is 13.0 Å². The van der Waals surface area contributed by atoms with Gasteiger partial charge < -0.3 is 10.1 Å². The molecule has 0 spiro atoms. The zero-order valence-corrected chi connectivity index (χ0v) is 12.0. The number of carbonyl (C=O) groups is 1. The molecule has 19 heavy (non-hydrogen) atoms. The molecule has 1 rings (SSSR count). The molecule has 1 N–H and O–H groups in total. The molecule has 0 aliphatic rings. The topological polar surface area (TPSA) is 38.3 Å². The molecular formula is C16H23NO2. The first-order valence-corrected chi connectivity index (χ1v) is 6.66. The van der Waals surface area contributed by atoms with E-state index in [4.69, 9.17) is 4.74 Å². The summed E-state index contributed by atoms with van der Waals surface area (Å²) in [5.41, 5.74) is 1.29. The molecule has 104 valence electrons. The van der Waals surface area contributed by atoms with E-state index in [0.29, 0.717) is 13.2 Å². The second kappa shape index (κ2) is 7.74. The Labute approximate surface area is 115 Å². The number of hydrogen-bond acceptors (Lipinski definition) is 3. The summed E-state index contributed by atoms with van der Waals surface area (Å²) in [6, 6.07) is 10.4. The van der Waals surface area contributed by atoms with Crippen LogP contribution in [0.5, 0.6) is 0 Å². The van der Waals surface area contributed by atoms with E-state index < -0.39 is 0 Å². The second-order valence-electron chi connectivity index (χ2n) is 5.08. The number of benzene rings is 1. The van der Waals surface area contributed by atoms with Gasteiger partial charge in [-0.3, -0.25) is 0 Å².